The van der Waals surface area contributed by atoms with Gasteiger partial charge in [-0.05, 0) is 33.6 Å². The highest BCUT2D eigenvalue weighted by Crippen LogP contribution is 2.22. The molecule has 1 amide bonds. The maximum absolute atomic E-state index is 12.3. The first-order valence-corrected chi connectivity index (χ1v) is 7.96. The number of hydrogen-bond donors (Lipinski definition) is 2. The molecule has 0 bridgehead atoms. The molecule has 1 aromatic carbocycles. The van der Waals surface area contributed by atoms with Crippen LogP contribution in [0.4, 0.5) is 0 Å². The number of halogens is 1. The van der Waals surface area contributed by atoms with Crippen molar-refractivity contribution in [2.45, 2.75) is 12.5 Å². The molecule has 20 heavy (non-hydrogen) atoms. The van der Waals surface area contributed by atoms with Crippen LogP contribution >= 0.6 is 39.5 Å². The van der Waals surface area contributed by atoms with Gasteiger partial charge in [-0.25, -0.2) is 0 Å². The van der Waals surface area contributed by atoms with E-state index in [-0.39, 0.29) is 10.9 Å². The summed E-state index contributed by atoms with van der Waals surface area (Å²) in [5, 5.41) is 2.88. The number of thiocarbonyl (C=S) groups is 1. The predicted octanol–water partition coefficient (Wildman–Crippen LogP) is 3.20. The van der Waals surface area contributed by atoms with Crippen LogP contribution in [0.25, 0.3) is 0 Å². The molecule has 1 unspecified atom stereocenters. The zero-order valence-electron chi connectivity index (χ0n) is 10.5. The van der Waals surface area contributed by atoms with Crippen molar-refractivity contribution in [3.8, 4) is 0 Å². The van der Waals surface area contributed by atoms with Gasteiger partial charge in [0.15, 0.2) is 0 Å². The lowest BCUT2D eigenvalue weighted by atomic mass is 9.98. The van der Waals surface area contributed by atoms with Crippen LogP contribution in [0.5, 0.6) is 0 Å². The first-order chi connectivity index (χ1) is 9.58. The number of benzene rings is 1. The molecular weight excluding hydrogens is 356 g/mol. The average Bonchev–Trinajstić information content (AvgIpc) is 2.83. The molecule has 1 atom stereocenters. The summed E-state index contributed by atoms with van der Waals surface area (Å²) in [6.07, 6.45) is 0. The van der Waals surface area contributed by atoms with Crippen molar-refractivity contribution in [2.75, 3.05) is 0 Å². The first kappa shape index (κ1) is 15.2. The SMILES string of the molecule is NC(=S)C(C(=O)NCc1ccc(Br)s1)c1ccccc1. The van der Waals surface area contributed by atoms with Gasteiger partial charge in [0.2, 0.25) is 5.91 Å². The molecule has 104 valence electrons. The lowest BCUT2D eigenvalue weighted by Crippen LogP contribution is -2.35. The van der Waals surface area contributed by atoms with Crippen molar-refractivity contribution >= 4 is 50.4 Å². The monoisotopic (exact) mass is 368 g/mol. The second-order valence-corrected chi connectivity index (χ2v) is 7.19. The molecule has 0 fully saturated rings. The third kappa shape index (κ3) is 3.88. The van der Waals surface area contributed by atoms with Gasteiger partial charge in [0.25, 0.3) is 0 Å². The van der Waals surface area contributed by atoms with Crippen molar-refractivity contribution in [1.29, 1.82) is 0 Å². The second-order valence-electron chi connectivity index (χ2n) is 4.17. The van der Waals surface area contributed by atoms with Crippen molar-refractivity contribution in [1.82, 2.24) is 5.32 Å². The average molecular weight is 369 g/mol. The van der Waals surface area contributed by atoms with Gasteiger partial charge in [0, 0.05) is 4.88 Å². The predicted molar refractivity (Wildman–Crippen MR) is 89.8 cm³/mol. The van der Waals surface area contributed by atoms with Crippen molar-refractivity contribution in [3.63, 3.8) is 0 Å². The molecule has 0 aliphatic heterocycles. The molecular formula is C14H13BrN2OS2. The standard InChI is InChI=1S/C14H13BrN2OS2/c15-11-7-6-10(20-11)8-17-14(18)12(13(16)19)9-4-2-1-3-5-9/h1-7,12H,8H2,(H2,16,19)(H,17,18). The highest BCUT2D eigenvalue weighted by Gasteiger charge is 2.23. The molecule has 0 spiro atoms. The van der Waals surface area contributed by atoms with Crippen LogP contribution < -0.4 is 11.1 Å². The van der Waals surface area contributed by atoms with Crippen LogP contribution in [0, 0.1) is 0 Å². The third-order valence-corrected chi connectivity index (χ3v) is 4.60. The van der Waals surface area contributed by atoms with Crippen LogP contribution in [0.1, 0.15) is 16.4 Å². The molecule has 0 saturated carbocycles. The van der Waals surface area contributed by atoms with Crippen molar-refractivity contribution in [2.24, 2.45) is 5.73 Å². The Hall–Kier alpha value is -1.24. The summed E-state index contributed by atoms with van der Waals surface area (Å²) in [5.41, 5.74) is 6.52. The number of amides is 1. The van der Waals surface area contributed by atoms with Crippen molar-refractivity contribution < 1.29 is 4.79 Å². The van der Waals surface area contributed by atoms with E-state index in [9.17, 15) is 4.79 Å². The van der Waals surface area contributed by atoms with Gasteiger partial charge in [-0.1, -0.05) is 42.5 Å². The van der Waals surface area contributed by atoms with E-state index in [1.54, 1.807) is 11.3 Å². The number of rotatable bonds is 5. The summed E-state index contributed by atoms with van der Waals surface area (Å²) in [6.45, 7) is 0.473. The minimum absolute atomic E-state index is 0.173. The van der Waals surface area contributed by atoms with E-state index in [4.69, 9.17) is 18.0 Å². The fraction of sp³-hybridized carbons (Fsp3) is 0.143. The van der Waals surface area contributed by atoms with Crippen LogP contribution in [-0.4, -0.2) is 10.9 Å². The summed E-state index contributed by atoms with van der Waals surface area (Å²) in [7, 11) is 0. The Morgan fingerprint density at radius 3 is 2.55 bits per heavy atom. The number of nitrogens with two attached hydrogens (primary N) is 1. The second kappa shape index (κ2) is 6.97. The first-order valence-electron chi connectivity index (χ1n) is 5.94. The Bertz CT molecular complexity index is 613. The minimum atomic E-state index is -0.588. The maximum Gasteiger partial charge on any atom is 0.234 e. The number of nitrogens with one attached hydrogen (secondary N) is 1. The fourth-order valence-electron chi connectivity index (χ4n) is 1.81. The Kier molecular flexibility index (Phi) is 5.28. The topological polar surface area (TPSA) is 55.1 Å². The zero-order valence-corrected chi connectivity index (χ0v) is 13.7. The molecule has 2 aromatic rings. The largest absolute Gasteiger partial charge is 0.392 e. The molecule has 0 aliphatic carbocycles. The summed E-state index contributed by atoms with van der Waals surface area (Å²) in [5.74, 6) is -0.761. The molecule has 0 radical (unpaired) electrons. The molecule has 6 heteroatoms. The Balaban J connectivity index is 2.06. The molecule has 1 aromatic heterocycles. The van der Waals surface area contributed by atoms with Gasteiger partial charge in [0.05, 0.1) is 15.3 Å². The summed E-state index contributed by atoms with van der Waals surface area (Å²) in [6, 6.07) is 13.2. The Morgan fingerprint density at radius 2 is 2.00 bits per heavy atom. The highest BCUT2D eigenvalue weighted by atomic mass is 79.9. The number of hydrogen-bond acceptors (Lipinski definition) is 3. The van der Waals surface area contributed by atoms with E-state index >= 15 is 0 Å². The number of thiophene rings is 1. The van der Waals surface area contributed by atoms with Gasteiger partial charge in [-0.2, -0.15) is 0 Å². The molecule has 3 N–H and O–H groups in total. The van der Waals surface area contributed by atoms with E-state index in [1.165, 1.54) is 0 Å². The molecule has 0 saturated heterocycles. The Labute approximate surface area is 135 Å². The molecule has 3 nitrogen and oxygen atoms in total. The van der Waals surface area contributed by atoms with Crippen LogP contribution in [0.3, 0.4) is 0 Å². The number of carbonyl (C=O) groups excluding carboxylic acids is 1. The summed E-state index contributed by atoms with van der Waals surface area (Å²) < 4.78 is 1.04. The van der Waals surface area contributed by atoms with E-state index in [2.05, 4.69) is 21.2 Å². The van der Waals surface area contributed by atoms with Gasteiger partial charge >= 0.3 is 0 Å². The third-order valence-electron chi connectivity index (χ3n) is 2.75. The molecule has 1 heterocycles. The van der Waals surface area contributed by atoms with Gasteiger partial charge in [-0.15, -0.1) is 11.3 Å². The van der Waals surface area contributed by atoms with E-state index < -0.39 is 5.92 Å². The van der Waals surface area contributed by atoms with Crippen LogP contribution in [0.15, 0.2) is 46.3 Å². The minimum Gasteiger partial charge on any atom is -0.392 e. The maximum atomic E-state index is 12.3. The lowest BCUT2D eigenvalue weighted by molar-refractivity contribution is -0.121. The van der Waals surface area contributed by atoms with Gasteiger partial charge < -0.3 is 11.1 Å². The van der Waals surface area contributed by atoms with Crippen LogP contribution in [-0.2, 0) is 11.3 Å². The van der Waals surface area contributed by atoms with Gasteiger partial charge in [0.1, 0.15) is 5.92 Å². The van der Waals surface area contributed by atoms with Crippen molar-refractivity contribution in [3.05, 3.63) is 56.7 Å². The smallest absolute Gasteiger partial charge is 0.234 e. The quantitative estimate of drug-likeness (QED) is 0.796. The normalized spacial score (nSPS) is 11.8. The fourth-order valence-corrected chi connectivity index (χ4v) is 3.48. The summed E-state index contributed by atoms with van der Waals surface area (Å²) >= 11 is 10.00. The molecule has 2 rings (SSSR count). The van der Waals surface area contributed by atoms with Crippen LogP contribution in [0.2, 0.25) is 0 Å². The Morgan fingerprint density at radius 1 is 1.30 bits per heavy atom. The zero-order chi connectivity index (χ0) is 14.5. The molecule has 0 aliphatic rings. The summed E-state index contributed by atoms with van der Waals surface area (Å²) in [4.78, 5) is 13.5. The van der Waals surface area contributed by atoms with E-state index in [0.29, 0.717) is 6.54 Å². The lowest BCUT2D eigenvalue weighted by Gasteiger charge is -2.15. The van der Waals surface area contributed by atoms with Gasteiger partial charge in [-0.3, -0.25) is 4.79 Å². The van der Waals surface area contributed by atoms with E-state index in [0.717, 1.165) is 14.2 Å². The number of carbonyl (C=O) groups is 1. The highest BCUT2D eigenvalue weighted by molar-refractivity contribution is 9.11. The van der Waals surface area contributed by atoms with E-state index in [1.807, 2.05) is 42.5 Å².